The Hall–Kier alpha value is -2.15. The molecule has 2 heterocycles. The molecule has 5 aliphatic rings. The predicted octanol–water partition coefficient (Wildman–Crippen LogP) is 4.24. The summed E-state index contributed by atoms with van der Waals surface area (Å²) in [6.45, 7) is 0. The lowest BCUT2D eigenvalue weighted by molar-refractivity contribution is 0.0498. The first-order valence-corrected chi connectivity index (χ1v) is 9.30. The number of rotatable bonds is 0. The molecule has 0 N–H and O–H groups in total. The van der Waals surface area contributed by atoms with Crippen LogP contribution >= 0.6 is 0 Å². The van der Waals surface area contributed by atoms with Crippen LogP contribution in [0.1, 0.15) is 57.8 Å². The first kappa shape index (κ1) is 14.2. The maximum Gasteiger partial charge on any atom is 0.206 e. The summed E-state index contributed by atoms with van der Waals surface area (Å²) in [6.07, 6.45) is 19.3. The largest absolute Gasteiger partial charge is 0.318 e. The van der Waals surface area contributed by atoms with E-state index < -0.39 is 0 Å². The molecule has 4 heteroatoms. The Labute approximate surface area is 143 Å². The fourth-order valence-electron chi connectivity index (χ4n) is 5.42. The molecule has 0 aromatic rings. The van der Waals surface area contributed by atoms with Crippen molar-refractivity contribution < 1.29 is 0 Å². The third-order valence-electron chi connectivity index (χ3n) is 6.39. The number of nitriles is 1. The Bertz CT molecular complexity index is 789. The van der Waals surface area contributed by atoms with E-state index in [0.29, 0.717) is 5.92 Å². The summed E-state index contributed by atoms with van der Waals surface area (Å²) in [7, 11) is 0. The van der Waals surface area contributed by atoms with E-state index in [4.69, 9.17) is 10.3 Å². The zero-order valence-electron chi connectivity index (χ0n) is 14.0. The van der Waals surface area contributed by atoms with E-state index in [1.165, 1.54) is 62.8 Å². The van der Waals surface area contributed by atoms with Gasteiger partial charge in [0.1, 0.15) is 5.66 Å². The maximum atomic E-state index is 8.91. The van der Waals surface area contributed by atoms with E-state index in [1.807, 2.05) is 12.3 Å². The van der Waals surface area contributed by atoms with Crippen LogP contribution in [0.2, 0.25) is 0 Å². The minimum atomic E-state index is -0.0535. The van der Waals surface area contributed by atoms with Gasteiger partial charge in [-0.15, -0.1) is 0 Å². The van der Waals surface area contributed by atoms with Gasteiger partial charge in [0.15, 0.2) is 0 Å². The zero-order valence-corrected chi connectivity index (χ0v) is 14.0. The molecule has 0 radical (unpaired) electrons. The minimum Gasteiger partial charge on any atom is -0.318 e. The molecule has 4 nitrogen and oxygen atoms in total. The van der Waals surface area contributed by atoms with Gasteiger partial charge in [-0.1, -0.05) is 12.0 Å². The smallest absolute Gasteiger partial charge is 0.206 e. The van der Waals surface area contributed by atoms with Crippen molar-refractivity contribution in [1.82, 2.24) is 4.90 Å². The van der Waals surface area contributed by atoms with Gasteiger partial charge in [-0.05, 0) is 69.6 Å². The van der Waals surface area contributed by atoms with Crippen LogP contribution in [0, 0.1) is 17.4 Å². The lowest BCUT2D eigenvalue weighted by atomic mass is 9.70. The average Bonchev–Trinajstić information content (AvgIpc) is 2.94. The molecule has 0 amide bonds. The van der Waals surface area contributed by atoms with Gasteiger partial charge in [0.25, 0.3) is 0 Å². The van der Waals surface area contributed by atoms with Crippen molar-refractivity contribution in [2.24, 2.45) is 15.9 Å². The van der Waals surface area contributed by atoms with Crippen molar-refractivity contribution >= 4 is 11.4 Å². The number of aliphatic imine (C=N–C) groups is 2. The van der Waals surface area contributed by atoms with E-state index in [1.54, 1.807) is 5.57 Å². The normalized spacial score (nSPS) is 35.5. The highest BCUT2D eigenvalue weighted by atomic mass is 15.4. The monoisotopic (exact) mass is 318 g/mol. The van der Waals surface area contributed by atoms with E-state index in [9.17, 15) is 0 Å². The molecule has 1 fully saturated rings. The van der Waals surface area contributed by atoms with Gasteiger partial charge in [0.2, 0.25) is 6.19 Å². The van der Waals surface area contributed by atoms with Crippen LogP contribution in [-0.4, -0.2) is 22.0 Å². The van der Waals surface area contributed by atoms with Crippen LogP contribution in [0.15, 0.2) is 45.2 Å². The quantitative estimate of drug-likeness (QED) is 0.495. The molecule has 0 saturated heterocycles. The van der Waals surface area contributed by atoms with Crippen molar-refractivity contribution in [2.75, 3.05) is 0 Å². The van der Waals surface area contributed by atoms with Gasteiger partial charge in [-0.3, -0.25) is 4.99 Å². The molecule has 0 unspecified atom stereocenters. The molecule has 24 heavy (non-hydrogen) atoms. The third kappa shape index (κ3) is 1.84. The van der Waals surface area contributed by atoms with E-state index >= 15 is 0 Å². The fourth-order valence-corrected chi connectivity index (χ4v) is 5.42. The number of hydrogen-bond acceptors (Lipinski definition) is 4. The molecule has 0 bridgehead atoms. The first-order valence-electron chi connectivity index (χ1n) is 9.30. The van der Waals surface area contributed by atoms with Gasteiger partial charge in [0.05, 0.1) is 17.1 Å². The SMILES string of the molecule is N#CN=C1C=CC2=N[C@@]34CCCC[C@@H]3CC3=C(CCCC3)N4C2=C1. The average molecular weight is 318 g/mol. The lowest BCUT2D eigenvalue weighted by Crippen LogP contribution is -2.53. The highest BCUT2D eigenvalue weighted by Gasteiger charge is 2.54. The molecule has 0 aromatic heterocycles. The maximum absolute atomic E-state index is 8.91. The van der Waals surface area contributed by atoms with Crippen molar-refractivity contribution in [3.05, 3.63) is 35.2 Å². The van der Waals surface area contributed by atoms with E-state index in [2.05, 4.69) is 22.0 Å². The van der Waals surface area contributed by atoms with Gasteiger partial charge >= 0.3 is 0 Å². The van der Waals surface area contributed by atoms with Crippen LogP contribution < -0.4 is 0 Å². The fraction of sp³-hybridized carbons (Fsp3) is 0.550. The molecule has 0 aromatic carbocycles. The topological polar surface area (TPSA) is 51.8 Å². The highest BCUT2D eigenvalue weighted by molar-refractivity contribution is 6.22. The van der Waals surface area contributed by atoms with Crippen molar-refractivity contribution in [2.45, 2.75) is 63.5 Å². The second-order valence-electron chi connectivity index (χ2n) is 7.61. The lowest BCUT2D eigenvalue weighted by Gasteiger charge is -2.52. The van der Waals surface area contributed by atoms with Gasteiger partial charge < -0.3 is 4.90 Å². The third-order valence-corrected chi connectivity index (χ3v) is 6.39. The number of fused-ring (bicyclic) bond motifs is 3. The standard InChI is InChI=1S/C20H22N4/c21-13-22-16-8-9-17-19(12-16)24-18-7-2-1-5-14(18)11-15-6-3-4-10-20(15,24)23-17/h8-9,12,15H,1-7,10-11H2/t15-,20-/m1/s1. The minimum absolute atomic E-state index is 0.0535. The Kier molecular flexibility index (Phi) is 3.06. The summed E-state index contributed by atoms with van der Waals surface area (Å²) in [4.78, 5) is 11.8. The number of nitrogens with zero attached hydrogens (tertiary/aromatic N) is 4. The second kappa shape index (κ2) is 5.17. The van der Waals surface area contributed by atoms with Gasteiger partial charge in [-0.25, -0.2) is 0 Å². The summed E-state index contributed by atoms with van der Waals surface area (Å²) in [5, 5.41) is 8.91. The molecular formula is C20H22N4. The second-order valence-corrected chi connectivity index (χ2v) is 7.61. The Morgan fingerprint density at radius 1 is 1.21 bits per heavy atom. The molecule has 5 rings (SSSR count). The first-order chi connectivity index (χ1) is 11.8. The Morgan fingerprint density at radius 3 is 3.04 bits per heavy atom. The van der Waals surface area contributed by atoms with Crippen LogP contribution in [0.5, 0.6) is 0 Å². The van der Waals surface area contributed by atoms with Gasteiger partial charge in [0, 0.05) is 11.6 Å². The highest BCUT2D eigenvalue weighted by Crippen LogP contribution is 2.55. The van der Waals surface area contributed by atoms with Crippen LogP contribution in [-0.2, 0) is 0 Å². The predicted molar refractivity (Wildman–Crippen MR) is 94.3 cm³/mol. The molecular weight excluding hydrogens is 296 g/mol. The molecule has 1 saturated carbocycles. The van der Waals surface area contributed by atoms with Crippen molar-refractivity contribution in [3.8, 4) is 6.19 Å². The number of hydrogen-bond donors (Lipinski definition) is 0. The van der Waals surface area contributed by atoms with Crippen molar-refractivity contribution in [3.63, 3.8) is 0 Å². The molecule has 122 valence electrons. The summed E-state index contributed by atoms with van der Waals surface area (Å²) < 4.78 is 0. The van der Waals surface area contributed by atoms with Gasteiger partial charge in [-0.2, -0.15) is 10.3 Å². The summed E-state index contributed by atoms with van der Waals surface area (Å²) in [5.41, 5.74) is 6.19. The summed E-state index contributed by atoms with van der Waals surface area (Å²) >= 11 is 0. The van der Waals surface area contributed by atoms with Crippen LogP contribution in [0.25, 0.3) is 0 Å². The summed E-state index contributed by atoms with van der Waals surface area (Å²) in [5.74, 6) is 0.645. The molecule has 2 atom stereocenters. The zero-order chi connectivity index (χ0) is 16.1. The van der Waals surface area contributed by atoms with Crippen molar-refractivity contribution in [1.29, 1.82) is 5.26 Å². The van der Waals surface area contributed by atoms with E-state index in [-0.39, 0.29) is 5.66 Å². The molecule has 2 aliphatic heterocycles. The van der Waals surface area contributed by atoms with E-state index in [0.717, 1.165) is 17.8 Å². The van der Waals surface area contributed by atoms with Crippen LogP contribution in [0.3, 0.4) is 0 Å². The summed E-state index contributed by atoms with van der Waals surface area (Å²) in [6, 6.07) is 0. The van der Waals surface area contributed by atoms with Crippen LogP contribution in [0.4, 0.5) is 0 Å². The molecule has 3 aliphatic carbocycles. The Balaban J connectivity index is 1.69. The number of allylic oxidation sites excluding steroid dienone is 5. The Morgan fingerprint density at radius 2 is 2.12 bits per heavy atom. The molecule has 1 spiro atoms.